The highest BCUT2D eigenvalue weighted by atomic mass is 15.3. The summed E-state index contributed by atoms with van der Waals surface area (Å²) in [6, 6.07) is 22.4. The monoisotopic (exact) mass is 388 g/mol. The minimum absolute atomic E-state index is 0.551. The minimum atomic E-state index is 0.551. The van der Waals surface area contributed by atoms with Crippen LogP contribution in [-0.4, -0.2) is 25.7 Å². The Morgan fingerprint density at radius 2 is 1.45 bits per heavy atom. The number of aromatic nitrogens is 3. The summed E-state index contributed by atoms with van der Waals surface area (Å²) >= 11 is 0. The molecule has 1 fully saturated rings. The summed E-state index contributed by atoms with van der Waals surface area (Å²) in [6.45, 7) is 5.26. The van der Waals surface area contributed by atoms with Gasteiger partial charge in [-0.2, -0.15) is 0 Å². The Morgan fingerprint density at radius 3 is 2.00 bits per heavy atom. The highest BCUT2D eigenvalue weighted by Gasteiger charge is 2.29. The molecular weight excluding hydrogens is 356 g/mol. The Labute approximate surface area is 174 Å². The molecule has 0 atom stereocenters. The second-order valence-electron chi connectivity index (χ2n) is 8.26. The number of nitrogens with zero attached hydrogens (tertiary/aromatic N) is 4. The van der Waals surface area contributed by atoms with E-state index >= 15 is 0 Å². The third-order valence-electron chi connectivity index (χ3n) is 6.15. The SMILES string of the molecule is CCCn1cnnc1[C@H]1CC[C@H](N(Cc2ccccc2)Cc2ccccc2)CC1. The molecule has 0 amide bonds. The van der Waals surface area contributed by atoms with E-state index in [1.165, 1.54) is 42.6 Å². The lowest BCUT2D eigenvalue weighted by molar-refractivity contribution is 0.131. The van der Waals surface area contributed by atoms with Crippen molar-refractivity contribution < 1.29 is 0 Å². The molecule has 0 N–H and O–H groups in total. The fraction of sp³-hybridized carbons (Fsp3) is 0.440. The molecule has 0 spiro atoms. The quantitative estimate of drug-likeness (QED) is 0.517. The fourth-order valence-electron chi connectivity index (χ4n) is 4.64. The molecule has 4 heteroatoms. The van der Waals surface area contributed by atoms with Gasteiger partial charge in [0.25, 0.3) is 0 Å². The van der Waals surface area contributed by atoms with Gasteiger partial charge in [0.05, 0.1) is 0 Å². The summed E-state index contributed by atoms with van der Waals surface area (Å²) in [5.41, 5.74) is 2.79. The van der Waals surface area contributed by atoms with Gasteiger partial charge in [-0.3, -0.25) is 4.90 Å². The Hall–Kier alpha value is -2.46. The zero-order valence-electron chi connectivity index (χ0n) is 17.5. The normalized spacial score (nSPS) is 19.5. The van der Waals surface area contributed by atoms with Gasteiger partial charge in [0.1, 0.15) is 12.2 Å². The van der Waals surface area contributed by atoms with Crippen LogP contribution in [0.1, 0.15) is 61.9 Å². The van der Waals surface area contributed by atoms with Crippen molar-refractivity contribution in [3.05, 3.63) is 83.9 Å². The Morgan fingerprint density at radius 1 is 0.862 bits per heavy atom. The molecular formula is C25H32N4. The van der Waals surface area contributed by atoms with Crippen LogP contribution >= 0.6 is 0 Å². The highest BCUT2D eigenvalue weighted by Crippen LogP contribution is 2.35. The number of rotatable bonds is 8. The lowest BCUT2D eigenvalue weighted by atomic mass is 9.84. The lowest BCUT2D eigenvalue weighted by Crippen LogP contribution is -2.37. The van der Waals surface area contributed by atoms with Crippen LogP contribution in [0, 0.1) is 0 Å². The molecule has 0 bridgehead atoms. The maximum absolute atomic E-state index is 4.46. The smallest absolute Gasteiger partial charge is 0.135 e. The van der Waals surface area contributed by atoms with Crippen molar-refractivity contribution in [2.24, 2.45) is 0 Å². The number of benzene rings is 2. The van der Waals surface area contributed by atoms with E-state index in [9.17, 15) is 0 Å². The van der Waals surface area contributed by atoms with Gasteiger partial charge < -0.3 is 4.57 Å². The fourth-order valence-corrected chi connectivity index (χ4v) is 4.64. The van der Waals surface area contributed by atoms with Gasteiger partial charge in [0.15, 0.2) is 0 Å². The zero-order chi connectivity index (χ0) is 19.9. The number of hydrogen-bond acceptors (Lipinski definition) is 3. The van der Waals surface area contributed by atoms with Crippen LogP contribution < -0.4 is 0 Å². The summed E-state index contributed by atoms with van der Waals surface area (Å²) in [5.74, 6) is 1.75. The number of hydrogen-bond donors (Lipinski definition) is 0. The van der Waals surface area contributed by atoms with Crippen LogP contribution in [0.3, 0.4) is 0 Å². The molecule has 1 aromatic heterocycles. The topological polar surface area (TPSA) is 34.0 Å². The average molecular weight is 389 g/mol. The molecule has 1 aliphatic carbocycles. The van der Waals surface area contributed by atoms with E-state index in [-0.39, 0.29) is 0 Å². The van der Waals surface area contributed by atoms with Crippen molar-refractivity contribution in [3.63, 3.8) is 0 Å². The second-order valence-corrected chi connectivity index (χ2v) is 8.26. The van der Waals surface area contributed by atoms with E-state index in [0.29, 0.717) is 12.0 Å². The summed E-state index contributed by atoms with van der Waals surface area (Å²) in [6.07, 6.45) is 7.89. The van der Waals surface area contributed by atoms with Crippen LogP contribution in [0.4, 0.5) is 0 Å². The molecule has 0 saturated heterocycles. The molecule has 3 aromatic rings. The van der Waals surface area contributed by atoms with Gasteiger partial charge in [-0.25, -0.2) is 0 Å². The first-order chi connectivity index (χ1) is 14.3. The second kappa shape index (κ2) is 9.84. The standard InChI is InChI=1S/C25H32N4/c1-2-17-28-20-26-27-25(28)23-13-15-24(16-14-23)29(18-21-9-5-3-6-10-21)19-22-11-7-4-8-12-22/h3-12,20,23-24H,2,13-19H2,1H3/t23-,24-. The predicted molar refractivity (Wildman–Crippen MR) is 117 cm³/mol. The third-order valence-corrected chi connectivity index (χ3v) is 6.15. The molecule has 0 unspecified atom stereocenters. The Balaban J connectivity index is 1.44. The molecule has 4 nitrogen and oxygen atoms in total. The average Bonchev–Trinajstić information content (AvgIpc) is 3.23. The van der Waals surface area contributed by atoms with Crippen molar-refractivity contribution in [2.45, 2.75) is 70.6 Å². The van der Waals surface area contributed by atoms with E-state index in [0.717, 1.165) is 26.1 Å². The molecule has 152 valence electrons. The number of aryl methyl sites for hydroxylation is 1. The van der Waals surface area contributed by atoms with E-state index in [1.54, 1.807) is 0 Å². The first-order valence-corrected chi connectivity index (χ1v) is 11.0. The van der Waals surface area contributed by atoms with Gasteiger partial charge in [-0.1, -0.05) is 67.6 Å². The van der Waals surface area contributed by atoms with E-state index in [1.807, 2.05) is 6.33 Å². The van der Waals surface area contributed by atoms with E-state index in [4.69, 9.17) is 0 Å². The Kier molecular flexibility index (Phi) is 6.73. The first-order valence-electron chi connectivity index (χ1n) is 11.0. The van der Waals surface area contributed by atoms with E-state index in [2.05, 4.69) is 87.3 Å². The maximum atomic E-state index is 4.46. The minimum Gasteiger partial charge on any atom is -0.317 e. The van der Waals surface area contributed by atoms with Crippen molar-refractivity contribution in [3.8, 4) is 0 Å². The largest absolute Gasteiger partial charge is 0.317 e. The van der Waals surface area contributed by atoms with E-state index < -0.39 is 0 Å². The summed E-state index contributed by atoms with van der Waals surface area (Å²) < 4.78 is 2.26. The maximum Gasteiger partial charge on any atom is 0.135 e. The van der Waals surface area contributed by atoms with Gasteiger partial charge in [-0.05, 0) is 43.2 Å². The molecule has 1 heterocycles. The van der Waals surface area contributed by atoms with Crippen molar-refractivity contribution in [1.29, 1.82) is 0 Å². The molecule has 1 saturated carbocycles. The first kappa shape index (κ1) is 19.8. The predicted octanol–water partition coefficient (Wildman–Crippen LogP) is 5.42. The van der Waals surface area contributed by atoms with Crippen LogP contribution in [0.5, 0.6) is 0 Å². The summed E-state index contributed by atoms with van der Waals surface area (Å²) in [7, 11) is 0. The molecule has 29 heavy (non-hydrogen) atoms. The third kappa shape index (κ3) is 5.13. The van der Waals surface area contributed by atoms with Gasteiger partial charge in [0.2, 0.25) is 0 Å². The molecule has 0 radical (unpaired) electrons. The van der Waals surface area contributed by atoms with Crippen molar-refractivity contribution >= 4 is 0 Å². The van der Waals surface area contributed by atoms with Gasteiger partial charge in [0, 0.05) is 31.6 Å². The molecule has 0 aliphatic heterocycles. The lowest BCUT2D eigenvalue weighted by Gasteiger charge is -2.37. The van der Waals surface area contributed by atoms with Crippen LogP contribution in [0.15, 0.2) is 67.0 Å². The van der Waals surface area contributed by atoms with Gasteiger partial charge >= 0.3 is 0 Å². The highest BCUT2D eigenvalue weighted by molar-refractivity contribution is 5.17. The molecule has 4 rings (SSSR count). The molecule has 2 aromatic carbocycles. The summed E-state index contributed by atoms with van der Waals surface area (Å²) in [4.78, 5) is 2.68. The van der Waals surface area contributed by atoms with Crippen LogP contribution in [0.25, 0.3) is 0 Å². The van der Waals surface area contributed by atoms with Crippen LogP contribution in [0.2, 0.25) is 0 Å². The van der Waals surface area contributed by atoms with Gasteiger partial charge in [-0.15, -0.1) is 10.2 Å². The summed E-state index contributed by atoms with van der Waals surface area (Å²) in [5, 5.41) is 8.65. The van der Waals surface area contributed by atoms with Crippen molar-refractivity contribution in [1.82, 2.24) is 19.7 Å². The van der Waals surface area contributed by atoms with Crippen LogP contribution in [-0.2, 0) is 19.6 Å². The molecule has 1 aliphatic rings. The zero-order valence-corrected chi connectivity index (χ0v) is 17.5. The Bertz CT molecular complexity index is 809. The van der Waals surface area contributed by atoms with Crippen molar-refractivity contribution in [2.75, 3.05) is 0 Å².